The third kappa shape index (κ3) is 8.31. The number of pyridine rings is 1. The number of likely N-dealkylation sites (tertiary alicyclic amines) is 1. The minimum absolute atomic E-state index is 0.0394. The SMILES string of the molecule is O=C(/C=C/CN1CCC[C@@H](Oc2ccc(/C(=C(/CC(F)(F)F)c3ccccc3)c3ccc4[nH]nc(F)c4c3)cn2)C1)C1CNCCO1. The Morgan fingerprint density at radius 1 is 1.09 bits per heavy atom. The van der Waals surface area contributed by atoms with Crippen LogP contribution < -0.4 is 10.1 Å². The van der Waals surface area contributed by atoms with Gasteiger partial charge in [-0.25, -0.2) is 4.98 Å². The van der Waals surface area contributed by atoms with E-state index in [9.17, 15) is 22.4 Å². The van der Waals surface area contributed by atoms with Crippen molar-refractivity contribution in [3.63, 3.8) is 0 Å². The number of piperidine rings is 1. The van der Waals surface area contributed by atoms with Crippen LogP contribution in [0, 0.1) is 5.95 Å². The molecule has 6 rings (SSSR count). The van der Waals surface area contributed by atoms with Crippen molar-refractivity contribution < 1.29 is 31.8 Å². The normalized spacial score (nSPS) is 20.0. The summed E-state index contributed by atoms with van der Waals surface area (Å²) in [5, 5.41) is 9.52. The molecule has 1 unspecified atom stereocenters. The Bertz CT molecular complexity index is 1730. The van der Waals surface area contributed by atoms with Gasteiger partial charge >= 0.3 is 6.18 Å². The lowest BCUT2D eigenvalue weighted by Crippen LogP contribution is -2.43. The molecule has 8 nitrogen and oxygen atoms in total. The number of fused-ring (bicyclic) bond motifs is 1. The zero-order valence-electron chi connectivity index (χ0n) is 25.6. The Hall–Kier alpha value is -4.39. The first kappa shape index (κ1) is 32.5. The fourth-order valence-corrected chi connectivity index (χ4v) is 6.04. The molecule has 47 heavy (non-hydrogen) atoms. The second kappa shape index (κ2) is 14.6. The molecule has 2 saturated heterocycles. The molecule has 4 heterocycles. The summed E-state index contributed by atoms with van der Waals surface area (Å²) in [7, 11) is 0. The van der Waals surface area contributed by atoms with E-state index >= 15 is 0 Å². The fraction of sp³-hybridized carbons (Fsp3) is 0.343. The molecule has 2 aromatic heterocycles. The molecule has 0 radical (unpaired) electrons. The molecule has 246 valence electrons. The number of carbonyl (C=O) groups is 1. The summed E-state index contributed by atoms with van der Waals surface area (Å²) < 4.78 is 68.3. The molecule has 2 aromatic carbocycles. The largest absolute Gasteiger partial charge is 0.473 e. The Balaban J connectivity index is 1.23. The third-order valence-electron chi connectivity index (χ3n) is 8.27. The van der Waals surface area contributed by atoms with Crippen LogP contribution in [0.5, 0.6) is 5.88 Å². The molecular weight excluding hydrogens is 614 g/mol. The van der Waals surface area contributed by atoms with Gasteiger partial charge in [0.05, 0.1) is 23.9 Å². The van der Waals surface area contributed by atoms with Crippen molar-refractivity contribution in [2.24, 2.45) is 0 Å². The van der Waals surface area contributed by atoms with Crippen molar-refractivity contribution in [2.75, 3.05) is 39.3 Å². The van der Waals surface area contributed by atoms with E-state index in [0.29, 0.717) is 54.3 Å². The second-order valence-electron chi connectivity index (χ2n) is 11.7. The summed E-state index contributed by atoms with van der Waals surface area (Å²) in [4.78, 5) is 19.1. The molecule has 0 saturated carbocycles. The Morgan fingerprint density at radius 3 is 2.66 bits per heavy atom. The van der Waals surface area contributed by atoms with Gasteiger partial charge in [-0.15, -0.1) is 5.10 Å². The van der Waals surface area contributed by atoms with Gasteiger partial charge in [0.25, 0.3) is 0 Å². The summed E-state index contributed by atoms with van der Waals surface area (Å²) >= 11 is 0. The van der Waals surface area contributed by atoms with Crippen molar-refractivity contribution in [1.82, 2.24) is 25.4 Å². The van der Waals surface area contributed by atoms with E-state index in [1.54, 1.807) is 60.7 Å². The van der Waals surface area contributed by atoms with Gasteiger partial charge in [0.1, 0.15) is 12.2 Å². The van der Waals surface area contributed by atoms with Crippen LogP contribution in [0.15, 0.2) is 79.0 Å². The van der Waals surface area contributed by atoms with Crippen molar-refractivity contribution in [3.05, 3.63) is 102 Å². The second-order valence-corrected chi connectivity index (χ2v) is 11.7. The first-order valence-electron chi connectivity index (χ1n) is 15.6. The van der Waals surface area contributed by atoms with Gasteiger partial charge in [0, 0.05) is 44.0 Å². The highest BCUT2D eigenvalue weighted by molar-refractivity contribution is 6.00. The van der Waals surface area contributed by atoms with E-state index in [1.165, 1.54) is 12.3 Å². The first-order chi connectivity index (χ1) is 22.7. The highest BCUT2D eigenvalue weighted by Gasteiger charge is 2.32. The van der Waals surface area contributed by atoms with Gasteiger partial charge in [-0.05, 0) is 65.9 Å². The maximum atomic E-state index is 14.5. The number of rotatable bonds is 10. The monoisotopic (exact) mass is 649 g/mol. The maximum absolute atomic E-state index is 14.5. The van der Waals surface area contributed by atoms with Crippen molar-refractivity contribution in [2.45, 2.75) is 37.6 Å². The zero-order chi connectivity index (χ0) is 32.8. The summed E-state index contributed by atoms with van der Waals surface area (Å²) in [6.07, 6.45) is 0.339. The number of benzene rings is 2. The number of ether oxygens (including phenoxy) is 2. The van der Waals surface area contributed by atoms with Crippen LogP contribution in [0.4, 0.5) is 17.6 Å². The number of H-pyrrole nitrogens is 1. The number of aromatic amines is 1. The van der Waals surface area contributed by atoms with Crippen molar-refractivity contribution in [3.8, 4) is 5.88 Å². The predicted molar refractivity (Wildman–Crippen MR) is 170 cm³/mol. The number of ketones is 1. The Morgan fingerprint density at radius 2 is 1.91 bits per heavy atom. The zero-order valence-corrected chi connectivity index (χ0v) is 25.6. The minimum atomic E-state index is -4.51. The minimum Gasteiger partial charge on any atom is -0.473 e. The number of alkyl halides is 3. The maximum Gasteiger partial charge on any atom is 0.393 e. The van der Waals surface area contributed by atoms with E-state index in [4.69, 9.17) is 9.47 Å². The summed E-state index contributed by atoms with van der Waals surface area (Å²) in [5.74, 6) is -0.444. The van der Waals surface area contributed by atoms with E-state index in [2.05, 4.69) is 25.4 Å². The fourth-order valence-electron chi connectivity index (χ4n) is 6.04. The highest BCUT2D eigenvalue weighted by Crippen LogP contribution is 2.40. The number of nitrogens with zero attached hydrogens (tertiary/aromatic N) is 3. The molecule has 12 heteroatoms. The molecule has 2 atom stereocenters. The van der Waals surface area contributed by atoms with Crippen LogP contribution >= 0.6 is 0 Å². The highest BCUT2D eigenvalue weighted by atomic mass is 19.4. The van der Waals surface area contributed by atoms with E-state index in [1.807, 2.05) is 6.08 Å². The van der Waals surface area contributed by atoms with Crippen LogP contribution in [-0.4, -0.2) is 83.6 Å². The average Bonchev–Trinajstić information content (AvgIpc) is 3.45. The molecule has 0 amide bonds. The molecule has 0 aliphatic carbocycles. The lowest BCUT2D eigenvalue weighted by atomic mass is 9.88. The molecule has 2 aliphatic heterocycles. The molecule has 4 aromatic rings. The third-order valence-corrected chi connectivity index (χ3v) is 8.27. The molecular formula is C35H35F4N5O3. The quantitative estimate of drug-likeness (QED) is 0.124. The summed E-state index contributed by atoms with van der Waals surface area (Å²) in [6, 6.07) is 16.4. The number of carbonyl (C=O) groups excluding carboxylic acids is 1. The van der Waals surface area contributed by atoms with Gasteiger partial charge in [0.15, 0.2) is 5.78 Å². The molecule has 0 spiro atoms. The Kier molecular flexibility index (Phi) is 10.1. The number of hydrogen-bond donors (Lipinski definition) is 2. The van der Waals surface area contributed by atoms with E-state index < -0.39 is 24.6 Å². The summed E-state index contributed by atoms with van der Waals surface area (Å²) in [6.45, 7) is 3.87. The average molecular weight is 650 g/mol. The lowest BCUT2D eigenvalue weighted by Gasteiger charge is -2.31. The number of nitrogens with one attached hydrogen (secondary N) is 2. The van der Waals surface area contributed by atoms with Crippen LogP contribution in [0.25, 0.3) is 22.0 Å². The smallest absolute Gasteiger partial charge is 0.393 e. The van der Waals surface area contributed by atoms with E-state index in [0.717, 1.165) is 25.9 Å². The number of aromatic nitrogens is 3. The Labute approximate surface area is 269 Å². The first-order valence-corrected chi connectivity index (χ1v) is 15.6. The van der Waals surface area contributed by atoms with E-state index in [-0.39, 0.29) is 28.4 Å². The van der Waals surface area contributed by atoms with Crippen LogP contribution in [0.3, 0.4) is 0 Å². The van der Waals surface area contributed by atoms with Gasteiger partial charge in [0.2, 0.25) is 11.8 Å². The number of hydrogen-bond acceptors (Lipinski definition) is 7. The van der Waals surface area contributed by atoms with Gasteiger partial charge in [-0.1, -0.05) is 42.5 Å². The van der Waals surface area contributed by atoms with Gasteiger partial charge < -0.3 is 14.8 Å². The number of halogens is 4. The summed E-state index contributed by atoms with van der Waals surface area (Å²) in [5.41, 5.74) is 1.99. The van der Waals surface area contributed by atoms with Gasteiger partial charge in [-0.3, -0.25) is 14.8 Å². The van der Waals surface area contributed by atoms with Crippen LogP contribution in [0.2, 0.25) is 0 Å². The predicted octanol–water partition coefficient (Wildman–Crippen LogP) is 5.97. The molecule has 0 bridgehead atoms. The van der Waals surface area contributed by atoms with Crippen molar-refractivity contribution >= 4 is 27.8 Å². The van der Waals surface area contributed by atoms with Crippen LogP contribution in [-0.2, 0) is 9.53 Å². The number of morpholine rings is 1. The van der Waals surface area contributed by atoms with Gasteiger partial charge in [-0.2, -0.15) is 17.6 Å². The topological polar surface area (TPSA) is 92.4 Å². The molecule has 2 N–H and O–H groups in total. The number of allylic oxidation sites excluding steroid dienone is 1. The van der Waals surface area contributed by atoms with Crippen molar-refractivity contribution in [1.29, 1.82) is 0 Å². The van der Waals surface area contributed by atoms with Crippen LogP contribution in [0.1, 0.15) is 36.0 Å². The standard InChI is InChI=1S/C35H35F4N5O3/c36-34-27-18-24(10-12-29(27)42-43-34)33(28(19-35(37,38)39)23-6-2-1-3-7-23)25-11-13-32(41-20-25)47-26-8-4-15-44(22-26)16-5-9-30(45)31-21-40-14-17-46-31/h1-3,5-7,9-13,18,20,26,31,40H,4,8,14-17,19,21-22H2,(H,42,43)/b9-5+,33-28-/t26-,31?/m1/s1. The lowest BCUT2D eigenvalue weighted by molar-refractivity contribution is -0.127. The molecule has 2 aliphatic rings. The molecule has 2 fully saturated rings.